The molecule has 2 aromatic rings. The lowest BCUT2D eigenvalue weighted by Crippen LogP contribution is -2.10. The number of imidazole rings is 1. The average molecular weight is 312 g/mol. The molecule has 1 aromatic carbocycles. The number of rotatable bonds is 7. The molecule has 1 aromatic heterocycles. The third-order valence-corrected chi connectivity index (χ3v) is 3.12. The van der Waals surface area contributed by atoms with Crippen molar-refractivity contribution in [2.75, 3.05) is 25.1 Å². The van der Waals surface area contributed by atoms with Gasteiger partial charge < -0.3 is 10.1 Å². The number of hydrogen-bond acceptors (Lipinski definition) is 3. The van der Waals surface area contributed by atoms with Gasteiger partial charge in [-0.15, -0.1) is 0 Å². The second kappa shape index (κ2) is 7.43. The van der Waals surface area contributed by atoms with Crippen LogP contribution in [0, 0.1) is 12.7 Å². The molecule has 0 saturated carbocycles. The Hall–Kier alpha value is -1.59. The van der Waals surface area contributed by atoms with Crippen LogP contribution in [-0.4, -0.2) is 29.3 Å². The lowest BCUT2D eigenvalue weighted by molar-refractivity contribution is 0.147. The van der Waals surface area contributed by atoms with Crippen LogP contribution in [0.4, 0.5) is 10.3 Å². The smallest absolute Gasteiger partial charge is 0.207 e. The van der Waals surface area contributed by atoms with Gasteiger partial charge in [-0.25, -0.2) is 9.37 Å². The number of aryl methyl sites for hydroxylation is 1. The third-order valence-electron chi connectivity index (χ3n) is 2.90. The van der Waals surface area contributed by atoms with Gasteiger partial charge in [0.25, 0.3) is 0 Å². The zero-order valence-electron chi connectivity index (χ0n) is 12.2. The maximum Gasteiger partial charge on any atom is 0.207 e. The molecule has 1 N–H and O–H groups in total. The van der Waals surface area contributed by atoms with E-state index in [2.05, 4.69) is 10.3 Å². The molecule has 6 heteroatoms. The molecule has 0 saturated heterocycles. The minimum Gasteiger partial charge on any atom is -0.382 e. The zero-order valence-corrected chi connectivity index (χ0v) is 13.0. The molecule has 0 fully saturated rings. The van der Waals surface area contributed by atoms with Crippen LogP contribution in [0.3, 0.4) is 0 Å². The first-order valence-corrected chi connectivity index (χ1v) is 7.32. The van der Waals surface area contributed by atoms with E-state index in [0.29, 0.717) is 23.3 Å². The molecule has 0 aliphatic carbocycles. The van der Waals surface area contributed by atoms with Crippen LogP contribution in [0.2, 0.25) is 5.02 Å². The van der Waals surface area contributed by atoms with Gasteiger partial charge in [-0.3, -0.25) is 4.57 Å². The Balaban J connectivity index is 2.12. The summed E-state index contributed by atoms with van der Waals surface area (Å²) < 4.78 is 20.6. The number of nitrogens with one attached hydrogen (secondary N) is 1. The van der Waals surface area contributed by atoms with Crippen LogP contribution < -0.4 is 5.32 Å². The Morgan fingerprint density at radius 1 is 1.38 bits per heavy atom. The maximum atomic E-state index is 13.5. The maximum absolute atomic E-state index is 13.5. The molecular weight excluding hydrogens is 293 g/mol. The van der Waals surface area contributed by atoms with Crippen LogP contribution in [-0.2, 0) is 4.74 Å². The van der Waals surface area contributed by atoms with E-state index in [-0.39, 0.29) is 5.82 Å². The van der Waals surface area contributed by atoms with E-state index in [1.165, 1.54) is 12.1 Å². The van der Waals surface area contributed by atoms with Gasteiger partial charge >= 0.3 is 0 Å². The molecule has 114 valence electrons. The topological polar surface area (TPSA) is 39.1 Å². The number of benzene rings is 1. The van der Waals surface area contributed by atoms with Crippen LogP contribution in [0.1, 0.15) is 19.0 Å². The summed E-state index contributed by atoms with van der Waals surface area (Å²) in [4.78, 5) is 4.41. The van der Waals surface area contributed by atoms with Gasteiger partial charge in [0.05, 0.1) is 11.4 Å². The molecular formula is C15H19ClFN3O. The van der Waals surface area contributed by atoms with E-state index in [9.17, 15) is 4.39 Å². The minimum absolute atomic E-state index is 0.360. The number of nitrogens with zero attached hydrogens (tertiary/aromatic N) is 2. The molecule has 0 atom stereocenters. The molecule has 0 aliphatic heterocycles. The van der Waals surface area contributed by atoms with Crippen molar-refractivity contribution in [2.45, 2.75) is 20.3 Å². The van der Waals surface area contributed by atoms with Gasteiger partial charge in [-0.05, 0) is 38.5 Å². The molecule has 0 spiro atoms. The summed E-state index contributed by atoms with van der Waals surface area (Å²) in [7, 11) is 0. The molecule has 0 amide bonds. The second-order valence-electron chi connectivity index (χ2n) is 4.68. The van der Waals surface area contributed by atoms with Crippen molar-refractivity contribution in [3.05, 3.63) is 40.9 Å². The fraction of sp³-hybridized carbons (Fsp3) is 0.400. The summed E-state index contributed by atoms with van der Waals surface area (Å²) >= 11 is 5.91. The fourth-order valence-electron chi connectivity index (χ4n) is 2.02. The van der Waals surface area contributed by atoms with E-state index in [1.54, 1.807) is 10.6 Å². The van der Waals surface area contributed by atoms with Crippen molar-refractivity contribution in [1.82, 2.24) is 9.55 Å². The molecule has 1 heterocycles. The molecule has 4 nitrogen and oxygen atoms in total. The lowest BCUT2D eigenvalue weighted by atomic mass is 10.3. The normalized spacial score (nSPS) is 10.9. The SMILES string of the molecule is CCOCCCNc1nc(C)cn1-c1cc(F)cc(Cl)c1. The highest BCUT2D eigenvalue weighted by Gasteiger charge is 2.09. The molecule has 0 radical (unpaired) electrons. The summed E-state index contributed by atoms with van der Waals surface area (Å²) in [5, 5.41) is 3.60. The molecule has 0 bridgehead atoms. The molecule has 0 aliphatic rings. The third kappa shape index (κ3) is 4.44. The van der Waals surface area contributed by atoms with Gasteiger partial charge in [0.2, 0.25) is 5.95 Å². The van der Waals surface area contributed by atoms with Gasteiger partial charge in [0.15, 0.2) is 0 Å². The first-order valence-electron chi connectivity index (χ1n) is 6.94. The van der Waals surface area contributed by atoms with Crippen molar-refractivity contribution in [1.29, 1.82) is 0 Å². The number of aromatic nitrogens is 2. The Morgan fingerprint density at radius 3 is 2.90 bits per heavy atom. The van der Waals surface area contributed by atoms with Crippen molar-refractivity contribution >= 4 is 17.5 Å². The standard InChI is InChI=1S/C15H19ClFN3O/c1-3-21-6-4-5-18-15-19-11(2)10-20(15)14-8-12(16)7-13(17)9-14/h7-10H,3-6H2,1-2H3,(H,18,19). The highest BCUT2D eigenvalue weighted by Crippen LogP contribution is 2.21. The number of anilines is 1. The van der Waals surface area contributed by atoms with Crippen LogP contribution >= 0.6 is 11.6 Å². The minimum atomic E-state index is -0.369. The Bertz CT molecular complexity index is 580. The van der Waals surface area contributed by atoms with E-state index in [0.717, 1.165) is 25.3 Å². The van der Waals surface area contributed by atoms with E-state index in [4.69, 9.17) is 16.3 Å². The Kier molecular flexibility index (Phi) is 5.59. The van der Waals surface area contributed by atoms with E-state index >= 15 is 0 Å². The van der Waals surface area contributed by atoms with Gasteiger partial charge in [-0.2, -0.15) is 0 Å². The van der Waals surface area contributed by atoms with Crippen molar-refractivity contribution < 1.29 is 9.13 Å². The molecule has 2 rings (SSSR count). The number of hydrogen-bond donors (Lipinski definition) is 1. The average Bonchev–Trinajstić information content (AvgIpc) is 2.78. The monoisotopic (exact) mass is 311 g/mol. The van der Waals surface area contributed by atoms with Gasteiger partial charge in [0, 0.05) is 31.0 Å². The Morgan fingerprint density at radius 2 is 2.19 bits per heavy atom. The number of ether oxygens (including phenoxy) is 1. The van der Waals surface area contributed by atoms with E-state index < -0.39 is 0 Å². The lowest BCUT2D eigenvalue weighted by Gasteiger charge is -2.10. The van der Waals surface area contributed by atoms with Crippen molar-refractivity contribution in [3.63, 3.8) is 0 Å². The summed E-state index contributed by atoms with van der Waals surface area (Å²) in [5.74, 6) is 0.303. The summed E-state index contributed by atoms with van der Waals surface area (Å²) in [6.07, 6.45) is 2.72. The first kappa shape index (κ1) is 15.8. The highest BCUT2D eigenvalue weighted by molar-refractivity contribution is 6.30. The Labute approximate surface area is 128 Å². The summed E-state index contributed by atoms with van der Waals surface area (Å²) in [6, 6.07) is 4.42. The van der Waals surface area contributed by atoms with Gasteiger partial charge in [0.1, 0.15) is 5.82 Å². The fourth-order valence-corrected chi connectivity index (χ4v) is 2.23. The highest BCUT2D eigenvalue weighted by atomic mass is 35.5. The van der Waals surface area contributed by atoms with Gasteiger partial charge in [-0.1, -0.05) is 11.6 Å². The predicted octanol–water partition coefficient (Wildman–Crippen LogP) is 3.81. The quantitative estimate of drug-likeness (QED) is 0.790. The largest absolute Gasteiger partial charge is 0.382 e. The van der Waals surface area contributed by atoms with Crippen molar-refractivity contribution in [3.8, 4) is 5.69 Å². The molecule has 0 unspecified atom stereocenters. The van der Waals surface area contributed by atoms with E-state index in [1.807, 2.05) is 20.0 Å². The first-order chi connectivity index (χ1) is 10.1. The van der Waals surface area contributed by atoms with Crippen LogP contribution in [0.15, 0.2) is 24.4 Å². The summed E-state index contributed by atoms with van der Waals surface area (Å²) in [6.45, 7) is 6.02. The zero-order chi connectivity index (χ0) is 15.2. The van der Waals surface area contributed by atoms with Crippen molar-refractivity contribution in [2.24, 2.45) is 0 Å². The second-order valence-corrected chi connectivity index (χ2v) is 5.12. The number of halogens is 2. The van der Waals surface area contributed by atoms with Crippen LogP contribution in [0.25, 0.3) is 5.69 Å². The molecule has 21 heavy (non-hydrogen) atoms. The van der Waals surface area contributed by atoms with Crippen LogP contribution in [0.5, 0.6) is 0 Å². The predicted molar refractivity (Wildman–Crippen MR) is 82.9 cm³/mol. The summed E-state index contributed by atoms with van der Waals surface area (Å²) in [5.41, 5.74) is 1.50.